The second-order valence-electron chi connectivity index (χ2n) is 6.12. The highest BCUT2D eigenvalue weighted by molar-refractivity contribution is 5.92. The Labute approximate surface area is 163 Å². The molecule has 3 aromatic rings. The first-order valence-electron chi connectivity index (χ1n) is 8.15. The molecule has 0 spiro atoms. The molecule has 0 radical (unpaired) electrons. The molecular weight excluding hydrogens is 422 g/mol. The summed E-state index contributed by atoms with van der Waals surface area (Å²) in [6.07, 6.45) is -8.45. The lowest BCUT2D eigenvalue weighted by Gasteiger charge is -2.09. The molecule has 0 unspecified atom stereocenters. The molecule has 160 valence electrons. The Morgan fingerprint density at radius 3 is 2.40 bits per heavy atom. The average molecular weight is 434 g/mol. The summed E-state index contributed by atoms with van der Waals surface area (Å²) in [6.45, 7) is 1.41. The van der Waals surface area contributed by atoms with E-state index in [1.807, 2.05) is 0 Å². The summed E-state index contributed by atoms with van der Waals surface area (Å²) < 4.78 is 82.2. The smallest absolute Gasteiger partial charge is 0.339 e. The van der Waals surface area contributed by atoms with Gasteiger partial charge in [-0.2, -0.15) is 36.4 Å². The minimum atomic E-state index is -4.72. The number of aryl methyl sites for hydroxylation is 1. The van der Waals surface area contributed by atoms with Crippen molar-refractivity contribution in [1.29, 1.82) is 0 Å². The van der Waals surface area contributed by atoms with Crippen LogP contribution >= 0.6 is 0 Å². The molecule has 3 heterocycles. The Bertz CT molecular complexity index is 1070. The lowest BCUT2D eigenvalue weighted by molar-refractivity contribution is -0.142. The van der Waals surface area contributed by atoms with E-state index in [0.29, 0.717) is 6.07 Å². The molecule has 1 N–H and O–H groups in total. The highest BCUT2D eigenvalue weighted by atomic mass is 19.4. The van der Waals surface area contributed by atoms with Crippen molar-refractivity contribution >= 4 is 5.91 Å². The minimum absolute atomic E-state index is 0.0210. The van der Waals surface area contributed by atoms with E-state index in [9.17, 15) is 31.1 Å². The Morgan fingerprint density at radius 2 is 1.80 bits per heavy atom. The number of nitrogens with zero attached hydrogens (tertiary/aromatic N) is 5. The molecular formula is C16H12F6N6O2. The molecule has 1 amide bonds. The fraction of sp³-hybridized carbons (Fsp3) is 0.312. The number of alkyl halides is 6. The van der Waals surface area contributed by atoms with Crippen LogP contribution in [0.25, 0.3) is 11.4 Å². The maximum atomic E-state index is 12.8. The van der Waals surface area contributed by atoms with Gasteiger partial charge in [0.2, 0.25) is 11.7 Å². The van der Waals surface area contributed by atoms with E-state index in [4.69, 9.17) is 4.52 Å². The number of pyridine rings is 1. The molecule has 14 heteroatoms. The summed E-state index contributed by atoms with van der Waals surface area (Å²) in [6, 6.07) is 1.59. The Balaban J connectivity index is 1.77. The van der Waals surface area contributed by atoms with E-state index in [1.54, 1.807) is 0 Å². The zero-order chi connectivity index (χ0) is 22.3. The first kappa shape index (κ1) is 21.3. The van der Waals surface area contributed by atoms with Crippen molar-refractivity contribution in [3.8, 4) is 11.4 Å². The lowest BCUT2D eigenvalue weighted by Crippen LogP contribution is -2.28. The second kappa shape index (κ2) is 7.42. The van der Waals surface area contributed by atoms with Gasteiger partial charge in [0.25, 0.3) is 5.91 Å². The van der Waals surface area contributed by atoms with Crippen LogP contribution in [-0.4, -0.2) is 30.8 Å². The van der Waals surface area contributed by atoms with Crippen LogP contribution < -0.4 is 5.32 Å². The van der Waals surface area contributed by atoms with Crippen molar-refractivity contribution in [2.75, 3.05) is 0 Å². The van der Waals surface area contributed by atoms with Gasteiger partial charge in [0.1, 0.15) is 17.4 Å². The largest absolute Gasteiger partial charge is 0.435 e. The normalized spacial score (nSPS) is 13.3. The van der Waals surface area contributed by atoms with Crippen molar-refractivity contribution in [1.82, 2.24) is 30.2 Å². The fourth-order valence-corrected chi connectivity index (χ4v) is 2.40. The molecule has 0 saturated heterocycles. The first-order valence-corrected chi connectivity index (χ1v) is 8.15. The number of nitrogens with one attached hydrogen (secondary N) is 1. The van der Waals surface area contributed by atoms with Gasteiger partial charge in [-0.05, 0) is 19.1 Å². The standard InChI is InChI=1S/C16H12F6N6O2/c1-7(24-13(29)9-6-11(16(20,21)22)26-28(9)2)14-25-12(27-30-14)8-3-4-23-10(5-8)15(17,18)19/h3-7H,1-2H3,(H,24,29)/t7-/m0/s1. The number of hydrogen-bond donors (Lipinski definition) is 1. The van der Waals surface area contributed by atoms with Crippen molar-refractivity contribution in [3.63, 3.8) is 0 Å². The van der Waals surface area contributed by atoms with Crippen LogP contribution in [0.2, 0.25) is 0 Å². The van der Waals surface area contributed by atoms with Crippen molar-refractivity contribution < 1.29 is 35.7 Å². The van der Waals surface area contributed by atoms with Gasteiger partial charge in [-0.1, -0.05) is 5.16 Å². The van der Waals surface area contributed by atoms with Gasteiger partial charge in [0.05, 0.1) is 0 Å². The Kier molecular flexibility index (Phi) is 5.26. The van der Waals surface area contributed by atoms with Crippen LogP contribution in [0, 0.1) is 0 Å². The van der Waals surface area contributed by atoms with Crippen molar-refractivity contribution in [2.45, 2.75) is 25.3 Å². The summed E-state index contributed by atoms with van der Waals surface area (Å²) in [5.41, 5.74) is -2.77. The van der Waals surface area contributed by atoms with Crippen LogP contribution in [0.5, 0.6) is 0 Å². The predicted octanol–water partition coefficient (Wildman–Crippen LogP) is 3.39. The van der Waals surface area contributed by atoms with Crippen molar-refractivity contribution in [2.24, 2.45) is 7.05 Å². The molecule has 3 rings (SSSR count). The van der Waals surface area contributed by atoms with Gasteiger partial charge in [-0.25, -0.2) is 0 Å². The maximum Gasteiger partial charge on any atom is 0.435 e. The Hall–Kier alpha value is -3.45. The third kappa shape index (κ3) is 4.41. The SMILES string of the molecule is C[C@H](NC(=O)c1cc(C(F)(F)F)nn1C)c1nc(-c2ccnc(C(F)(F)F)c2)no1. The molecule has 1 atom stereocenters. The molecule has 30 heavy (non-hydrogen) atoms. The Morgan fingerprint density at radius 1 is 1.13 bits per heavy atom. The van der Waals surface area contributed by atoms with Crippen molar-refractivity contribution in [3.05, 3.63) is 47.4 Å². The summed E-state index contributed by atoms with van der Waals surface area (Å²) >= 11 is 0. The van der Waals surface area contributed by atoms with Crippen LogP contribution in [0.15, 0.2) is 28.9 Å². The zero-order valence-corrected chi connectivity index (χ0v) is 15.2. The van der Waals surface area contributed by atoms with E-state index in [-0.39, 0.29) is 23.0 Å². The third-order valence-electron chi connectivity index (χ3n) is 3.87. The average Bonchev–Trinajstić information content (AvgIpc) is 3.28. The minimum Gasteiger partial charge on any atom is -0.339 e. The summed E-state index contributed by atoms with van der Waals surface area (Å²) in [5, 5.41) is 9.17. The highest BCUT2D eigenvalue weighted by Gasteiger charge is 2.36. The van der Waals surface area contributed by atoms with E-state index < -0.39 is 35.7 Å². The topological polar surface area (TPSA) is 98.7 Å². The number of halogens is 6. The number of carbonyl (C=O) groups excluding carboxylic acids is 1. The fourth-order valence-electron chi connectivity index (χ4n) is 2.40. The maximum absolute atomic E-state index is 12.8. The summed E-state index contributed by atoms with van der Waals surface area (Å²) in [5.74, 6) is -1.24. The van der Waals surface area contributed by atoms with E-state index >= 15 is 0 Å². The number of carbonyl (C=O) groups is 1. The lowest BCUT2D eigenvalue weighted by atomic mass is 10.2. The molecule has 0 aliphatic carbocycles. The second-order valence-corrected chi connectivity index (χ2v) is 6.12. The monoisotopic (exact) mass is 434 g/mol. The quantitative estimate of drug-likeness (QED) is 0.632. The number of rotatable bonds is 4. The molecule has 8 nitrogen and oxygen atoms in total. The number of hydrogen-bond acceptors (Lipinski definition) is 6. The molecule has 0 fully saturated rings. The molecule has 0 aliphatic heterocycles. The molecule has 0 saturated carbocycles. The first-order chi connectivity index (χ1) is 13.9. The molecule has 0 bridgehead atoms. The predicted molar refractivity (Wildman–Crippen MR) is 86.6 cm³/mol. The van der Waals surface area contributed by atoms with E-state index in [1.165, 1.54) is 20.0 Å². The van der Waals surface area contributed by atoms with Gasteiger partial charge in [0, 0.05) is 24.9 Å². The van der Waals surface area contributed by atoms with Crippen LogP contribution in [0.1, 0.15) is 40.7 Å². The molecule has 0 aromatic carbocycles. The van der Waals surface area contributed by atoms with Gasteiger partial charge in [0.15, 0.2) is 5.69 Å². The third-order valence-corrected chi connectivity index (χ3v) is 3.87. The summed E-state index contributed by atoms with van der Waals surface area (Å²) in [4.78, 5) is 19.4. The summed E-state index contributed by atoms with van der Waals surface area (Å²) in [7, 11) is 1.17. The van der Waals surface area contributed by atoms with Crippen LogP contribution in [-0.2, 0) is 19.4 Å². The van der Waals surface area contributed by atoms with Gasteiger partial charge in [-0.3, -0.25) is 14.5 Å². The van der Waals surface area contributed by atoms with Crippen LogP contribution in [0.3, 0.4) is 0 Å². The van der Waals surface area contributed by atoms with E-state index in [0.717, 1.165) is 16.9 Å². The van der Waals surface area contributed by atoms with Gasteiger partial charge >= 0.3 is 12.4 Å². The zero-order valence-electron chi connectivity index (χ0n) is 15.2. The molecule has 3 aromatic heterocycles. The van der Waals surface area contributed by atoms with E-state index in [2.05, 4.69) is 25.5 Å². The van der Waals surface area contributed by atoms with Gasteiger partial charge < -0.3 is 9.84 Å². The number of aromatic nitrogens is 5. The van der Waals surface area contributed by atoms with Gasteiger partial charge in [-0.15, -0.1) is 0 Å². The van der Waals surface area contributed by atoms with Crippen LogP contribution in [0.4, 0.5) is 26.3 Å². The number of amides is 1. The molecule has 0 aliphatic rings. The highest BCUT2D eigenvalue weighted by Crippen LogP contribution is 2.30.